The summed E-state index contributed by atoms with van der Waals surface area (Å²) in [5.41, 5.74) is 7.22. The first-order valence-electron chi connectivity index (χ1n) is 12.1. The number of halogens is 1. The van der Waals surface area contributed by atoms with Crippen LogP contribution in [0.5, 0.6) is 0 Å². The standard InChI is InChI=1S/C32H28FNO/c1-2-9-24-10-5-6-13-29(24)30-14-7-8-15-31(30)32(35)34(22-23-16-18-27(33)19-17-23)28-20-25-11-3-4-12-26(25)21-28/h2-19,28H,20-22H2,1H3/b9-2+. The smallest absolute Gasteiger partial charge is 0.255 e. The summed E-state index contributed by atoms with van der Waals surface area (Å²) in [5.74, 6) is -0.274. The van der Waals surface area contributed by atoms with Gasteiger partial charge in [0.2, 0.25) is 0 Å². The summed E-state index contributed by atoms with van der Waals surface area (Å²) in [4.78, 5) is 16.2. The normalized spacial score (nSPS) is 13.2. The maximum Gasteiger partial charge on any atom is 0.255 e. The Morgan fingerprint density at radius 3 is 2.11 bits per heavy atom. The second kappa shape index (κ2) is 10.1. The Hall–Kier alpha value is -3.98. The van der Waals surface area contributed by atoms with E-state index in [1.54, 1.807) is 12.1 Å². The molecular formula is C32H28FNO. The molecule has 5 rings (SSSR count). The lowest BCUT2D eigenvalue weighted by molar-refractivity contribution is 0.0668. The van der Waals surface area contributed by atoms with Gasteiger partial charge in [-0.15, -0.1) is 0 Å². The van der Waals surface area contributed by atoms with Gasteiger partial charge >= 0.3 is 0 Å². The zero-order chi connectivity index (χ0) is 24.2. The third kappa shape index (κ3) is 4.81. The molecule has 1 aliphatic rings. The molecule has 0 saturated carbocycles. The van der Waals surface area contributed by atoms with E-state index in [-0.39, 0.29) is 17.8 Å². The predicted molar refractivity (Wildman–Crippen MR) is 140 cm³/mol. The molecule has 174 valence electrons. The highest BCUT2D eigenvalue weighted by Crippen LogP contribution is 2.32. The number of benzene rings is 4. The molecule has 0 spiro atoms. The molecule has 0 aromatic heterocycles. The number of amides is 1. The Balaban J connectivity index is 1.55. The summed E-state index contributed by atoms with van der Waals surface area (Å²) in [7, 11) is 0. The Kier molecular flexibility index (Phi) is 6.58. The molecule has 0 unspecified atom stereocenters. The molecule has 0 atom stereocenters. The monoisotopic (exact) mass is 461 g/mol. The Bertz CT molecular complexity index is 1350. The SMILES string of the molecule is C/C=C/c1ccccc1-c1ccccc1C(=O)N(Cc1ccc(F)cc1)C1Cc2ccccc2C1. The molecule has 35 heavy (non-hydrogen) atoms. The first kappa shape index (κ1) is 22.8. The van der Waals surface area contributed by atoms with Crippen molar-refractivity contribution in [1.82, 2.24) is 4.90 Å². The van der Waals surface area contributed by atoms with Crippen LogP contribution >= 0.6 is 0 Å². The van der Waals surface area contributed by atoms with Gasteiger partial charge in [0.1, 0.15) is 5.82 Å². The quantitative estimate of drug-likeness (QED) is 0.294. The van der Waals surface area contributed by atoms with E-state index in [1.807, 2.05) is 54.3 Å². The maximum atomic E-state index is 14.3. The number of rotatable bonds is 6. The van der Waals surface area contributed by atoms with Gasteiger partial charge in [-0.2, -0.15) is 0 Å². The summed E-state index contributed by atoms with van der Waals surface area (Å²) in [6.45, 7) is 2.43. The van der Waals surface area contributed by atoms with E-state index in [1.165, 1.54) is 23.3 Å². The molecule has 0 aliphatic heterocycles. The predicted octanol–water partition coefficient (Wildman–Crippen LogP) is 7.34. The van der Waals surface area contributed by atoms with Crippen molar-refractivity contribution in [3.8, 4) is 11.1 Å². The van der Waals surface area contributed by atoms with Crippen LogP contribution in [-0.2, 0) is 19.4 Å². The number of carbonyl (C=O) groups excluding carboxylic acids is 1. The molecule has 3 heteroatoms. The molecule has 0 N–H and O–H groups in total. The second-order valence-corrected chi connectivity index (χ2v) is 9.02. The van der Waals surface area contributed by atoms with Crippen molar-refractivity contribution in [2.45, 2.75) is 32.4 Å². The topological polar surface area (TPSA) is 20.3 Å². The highest BCUT2D eigenvalue weighted by atomic mass is 19.1. The summed E-state index contributed by atoms with van der Waals surface area (Å²) in [6, 6.07) is 30.9. The Labute approximate surface area is 206 Å². The molecule has 0 saturated heterocycles. The molecule has 0 heterocycles. The van der Waals surface area contributed by atoms with Crippen molar-refractivity contribution in [3.05, 3.63) is 137 Å². The largest absolute Gasteiger partial charge is 0.331 e. The van der Waals surface area contributed by atoms with Crippen LogP contribution in [0.15, 0.2) is 103 Å². The molecule has 4 aromatic rings. The average Bonchev–Trinajstić information content (AvgIpc) is 3.32. The van der Waals surface area contributed by atoms with Crippen LogP contribution < -0.4 is 0 Å². The minimum absolute atomic E-state index is 0.00184. The van der Waals surface area contributed by atoms with E-state index in [0.29, 0.717) is 12.1 Å². The molecule has 1 aliphatic carbocycles. The van der Waals surface area contributed by atoms with E-state index >= 15 is 0 Å². The summed E-state index contributed by atoms with van der Waals surface area (Å²) in [5, 5.41) is 0. The van der Waals surface area contributed by atoms with E-state index in [2.05, 4.69) is 42.5 Å². The molecule has 0 radical (unpaired) electrons. The molecular weight excluding hydrogens is 433 g/mol. The van der Waals surface area contributed by atoms with Gasteiger partial charge in [0, 0.05) is 18.2 Å². The lowest BCUT2D eigenvalue weighted by Crippen LogP contribution is -2.40. The Morgan fingerprint density at radius 2 is 1.43 bits per heavy atom. The molecule has 0 fully saturated rings. The fraction of sp³-hybridized carbons (Fsp3) is 0.156. The molecule has 1 amide bonds. The average molecular weight is 462 g/mol. The second-order valence-electron chi connectivity index (χ2n) is 9.02. The van der Waals surface area contributed by atoms with Crippen molar-refractivity contribution < 1.29 is 9.18 Å². The fourth-order valence-corrected chi connectivity index (χ4v) is 5.04. The zero-order valence-corrected chi connectivity index (χ0v) is 19.8. The van der Waals surface area contributed by atoms with Crippen molar-refractivity contribution in [2.75, 3.05) is 0 Å². The van der Waals surface area contributed by atoms with Gasteiger partial charge in [-0.1, -0.05) is 91.0 Å². The van der Waals surface area contributed by atoms with E-state index in [0.717, 1.165) is 35.1 Å². The number of carbonyl (C=O) groups is 1. The van der Waals surface area contributed by atoms with Crippen molar-refractivity contribution in [1.29, 1.82) is 0 Å². The van der Waals surface area contributed by atoms with E-state index in [9.17, 15) is 9.18 Å². The van der Waals surface area contributed by atoms with Crippen molar-refractivity contribution in [3.63, 3.8) is 0 Å². The van der Waals surface area contributed by atoms with Gasteiger partial charge in [-0.05, 0) is 71.3 Å². The van der Waals surface area contributed by atoms with Crippen LogP contribution in [0.1, 0.15) is 39.5 Å². The van der Waals surface area contributed by atoms with Crippen LogP contribution in [0.4, 0.5) is 4.39 Å². The zero-order valence-electron chi connectivity index (χ0n) is 19.8. The number of hydrogen-bond acceptors (Lipinski definition) is 1. The van der Waals surface area contributed by atoms with Gasteiger partial charge in [0.05, 0.1) is 0 Å². The fourth-order valence-electron chi connectivity index (χ4n) is 5.04. The van der Waals surface area contributed by atoms with Gasteiger partial charge in [0.15, 0.2) is 0 Å². The first-order valence-corrected chi connectivity index (χ1v) is 12.1. The van der Waals surface area contributed by atoms with Crippen LogP contribution in [0, 0.1) is 5.82 Å². The Morgan fingerprint density at radius 1 is 0.829 bits per heavy atom. The lowest BCUT2D eigenvalue weighted by Gasteiger charge is -2.30. The highest BCUT2D eigenvalue weighted by molar-refractivity contribution is 6.02. The highest BCUT2D eigenvalue weighted by Gasteiger charge is 2.31. The third-order valence-electron chi connectivity index (χ3n) is 6.75. The van der Waals surface area contributed by atoms with Crippen molar-refractivity contribution in [2.24, 2.45) is 0 Å². The number of nitrogens with zero attached hydrogens (tertiary/aromatic N) is 1. The maximum absolute atomic E-state index is 14.3. The lowest BCUT2D eigenvalue weighted by atomic mass is 9.94. The molecule has 2 nitrogen and oxygen atoms in total. The molecule has 0 bridgehead atoms. The van der Waals surface area contributed by atoms with Crippen LogP contribution in [0.2, 0.25) is 0 Å². The van der Waals surface area contributed by atoms with Gasteiger partial charge in [-0.25, -0.2) is 4.39 Å². The van der Waals surface area contributed by atoms with Crippen molar-refractivity contribution >= 4 is 12.0 Å². The summed E-state index contributed by atoms with van der Waals surface area (Å²) < 4.78 is 13.6. The third-order valence-corrected chi connectivity index (χ3v) is 6.75. The van der Waals surface area contributed by atoms with Crippen LogP contribution in [0.3, 0.4) is 0 Å². The minimum atomic E-state index is -0.272. The first-order chi connectivity index (χ1) is 17.1. The van der Waals surface area contributed by atoms with Crippen LogP contribution in [0.25, 0.3) is 17.2 Å². The van der Waals surface area contributed by atoms with Crippen LogP contribution in [-0.4, -0.2) is 16.8 Å². The van der Waals surface area contributed by atoms with Gasteiger partial charge in [-0.3, -0.25) is 4.79 Å². The number of allylic oxidation sites excluding steroid dienone is 1. The summed E-state index contributed by atoms with van der Waals surface area (Å²) in [6.07, 6.45) is 5.72. The van der Waals surface area contributed by atoms with Gasteiger partial charge in [0.25, 0.3) is 5.91 Å². The minimum Gasteiger partial charge on any atom is -0.331 e. The van der Waals surface area contributed by atoms with E-state index in [4.69, 9.17) is 0 Å². The number of fused-ring (bicyclic) bond motifs is 1. The molecule has 4 aromatic carbocycles. The number of hydrogen-bond donors (Lipinski definition) is 0. The van der Waals surface area contributed by atoms with Gasteiger partial charge < -0.3 is 4.90 Å². The summed E-state index contributed by atoms with van der Waals surface area (Å²) >= 11 is 0. The van der Waals surface area contributed by atoms with E-state index < -0.39 is 0 Å².